The van der Waals surface area contributed by atoms with Gasteiger partial charge in [-0.05, 0) is 51.2 Å². The number of nitrogens with zero attached hydrogens (tertiary/aromatic N) is 1. The molecular formula is C27H15NS. The van der Waals surface area contributed by atoms with Gasteiger partial charge in [0.05, 0.1) is 5.52 Å². The van der Waals surface area contributed by atoms with Gasteiger partial charge in [-0.2, -0.15) is 0 Å². The molecule has 0 spiro atoms. The average Bonchev–Trinajstić information content (AvgIpc) is 3.15. The van der Waals surface area contributed by atoms with Gasteiger partial charge in [0.2, 0.25) is 0 Å². The Labute approximate surface area is 170 Å². The minimum atomic E-state index is 1.08. The van der Waals surface area contributed by atoms with Gasteiger partial charge in [0, 0.05) is 37.1 Å². The molecule has 5 aromatic carbocycles. The number of thiophene rings is 1. The first kappa shape index (κ1) is 15.4. The molecule has 0 saturated carbocycles. The van der Waals surface area contributed by atoms with E-state index in [0.717, 1.165) is 5.52 Å². The van der Waals surface area contributed by atoms with Crippen molar-refractivity contribution >= 4 is 74.7 Å². The lowest BCUT2D eigenvalue weighted by molar-refractivity contribution is 1.43. The third-order valence-corrected chi connectivity index (χ3v) is 7.20. The molecule has 0 atom stereocenters. The van der Waals surface area contributed by atoms with Crippen molar-refractivity contribution in [2.75, 3.05) is 0 Å². The van der Waals surface area contributed by atoms with E-state index >= 15 is 0 Å². The van der Waals surface area contributed by atoms with Gasteiger partial charge < -0.3 is 0 Å². The van der Waals surface area contributed by atoms with Crippen LogP contribution in [0.25, 0.3) is 63.4 Å². The predicted octanol–water partition coefficient (Wildman–Crippen LogP) is 8.06. The molecule has 0 N–H and O–H groups in total. The summed E-state index contributed by atoms with van der Waals surface area (Å²) in [7, 11) is 0. The molecule has 29 heavy (non-hydrogen) atoms. The van der Waals surface area contributed by atoms with E-state index in [9.17, 15) is 0 Å². The van der Waals surface area contributed by atoms with Crippen LogP contribution >= 0.6 is 11.3 Å². The Hall–Kier alpha value is -3.49. The smallest absolute Gasteiger partial charge is 0.0786 e. The van der Waals surface area contributed by atoms with Crippen molar-refractivity contribution in [3.63, 3.8) is 0 Å². The molecule has 2 heterocycles. The number of fused-ring (bicyclic) bond motifs is 11. The standard InChI is InChI=1S/C27H15NS/c1-2-7-17-16(6-1)11-12-20-26(17)23-15-25-22(18-8-3-4-10-24(18)29-25)14-21(23)19-9-5-13-28-27(19)20/h1-15H. The lowest BCUT2D eigenvalue weighted by Gasteiger charge is -2.12. The van der Waals surface area contributed by atoms with Gasteiger partial charge in [-0.3, -0.25) is 4.98 Å². The topological polar surface area (TPSA) is 12.9 Å². The van der Waals surface area contributed by atoms with Crippen LogP contribution in [0.5, 0.6) is 0 Å². The SMILES string of the molecule is c1ccc2c(c1)ccc1c3ncccc3c3cc4c(cc3c21)sc1ccccc14. The first-order valence-corrected chi connectivity index (χ1v) is 10.6. The average molecular weight is 385 g/mol. The van der Waals surface area contributed by atoms with Crippen LogP contribution in [-0.4, -0.2) is 4.98 Å². The van der Waals surface area contributed by atoms with Crippen LogP contribution in [0, 0.1) is 0 Å². The van der Waals surface area contributed by atoms with Crippen LogP contribution in [0.3, 0.4) is 0 Å². The van der Waals surface area contributed by atoms with E-state index in [2.05, 4.69) is 78.9 Å². The second-order valence-electron chi connectivity index (χ2n) is 7.60. The molecule has 2 heteroatoms. The van der Waals surface area contributed by atoms with Crippen molar-refractivity contribution in [1.29, 1.82) is 0 Å². The molecule has 7 aromatic rings. The fourth-order valence-electron chi connectivity index (χ4n) is 4.80. The van der Waals surface area contributed by atoms with E-state index in [1.165, 1.54) is 57.9 Å². The first-order valence-electron chi connectivity index (χ1n) is 9.82. The quantitative estimate of drug-likeness (QED) is 0.241. The zero-order chi connectivity index (χ0) is 18.9. The Bertz CT molecular complexity index is 1760. The Morgan fingerprint density at radius 1 is 0.517 bits per heavy atom. The number of aromatic nitrogens is 1. The van der Waals surface area contributed by atoms with Crippen molar-refractivity contribution < 1.29 is 0 Å². The molecule has 1 nitrogen and oxygen atoms in total. The molecule has 2 aromatic heterocycles. The number of pyridine rings is 1. The van der Waals surface area contributed by atoms with Crippen LogP contribution in [-0.2, 0) is 0 Å². The second-order valence-corrected chi connectivity index (χ2v) is 8.68. The number of hydrogen-bond acceptors (Lipinski definition) is 2. The molecule has 0 amide bonds. The fraction of sp³-hybridized carbons (Fsp3) is 0. The highest BCUT2D eigenvalue weighted by atomic mass is 32.1. The predicted molar refractivity (Wildman–Crippen MR) is 127 cm³/mol. The van der Waals surface area contributed by atoms with Crippen molar-refractivity contribution in [3.8, 4) is 0 Å². The maximum atomic E-state index is 4.80. The molecule has 0 radical (unpaired) electrons. The lowest BCUT2D eigenvalue weighted by Crippen LogP contribution is -1.87. The second kappa shape index (κ2) is 5.53. The van der Waals surface area contributed by atoms with Gasteiger partial charge in [0.25, 0.3) is 0 Å². The third-order valence-electron chi connectivity index (χ3n) is 6.07. The summed E-state index contributed by atoms with van der Waals surface area (Å²) >= 11 is 1.88. The van der Waals surface area contributed by atoms with Gasteiger partial charge in [-0.15, -0.1) is 11.3 Å². The molecule has 0 saturated heterocycles. The molecule has 0 bridgehead atoms. The Morgan fingerprint density at radius 2 is 1.34 bits per heavy atom. The maximum Gasteiger partial charge on any atom is 0.0786 e. The first-order chi connectivity index (χ1) is 14.4. The van der Waals surface area contributed by atoms with E-state index in [1.807, 2.05) is 23.6 Å². The highest BCUT2D eigenvalue weighted by molar-refractivity contribution is 7.25. The fourth-order valence-corrected chi connectivity index (χ4v) is 5.92. The molecule has 134 valence electrons. The zero-order valence-corrected chi connectivity index (χ0v) is 16.3. The molecule has 0 fully saturated rings. The normalized spacial score (nSPS) is 12.1. The summed E-state index contributed by atoms with van der Waals surface area (Å²) in [6, 6.07) is 30.9. The van der Waals surface area contributed by atoms with Crippen LogP contribution in [0.1, 0.15) is 0 Å². The Balaban J connectivity index is 1.85. The molecule has 0 aliphatic heterocycles. The van der Waals surface area contributed by atoms with Crippen molar-refractivity contribution in [2.24, 2.45) is 0 Å². The van der Waals surface area contributed by atoms with Gasteiger partial charge in [0.1, 0.15) is 0 Å². The van der Waals surface area contributed by atoms with Crippen molar-refractivity contribution in [2.45, 2.75) is 0 Å². The highest BCUT2D eigenvalue weighted by Crippen LogP contribution is 2.42. The summed E-state index contributed by atoms with van der Waals surface area (Å²) in [5, 5.41) is 11.6. The van der Waals surface area contributed by atoms with E-state index in [-0.39, 0.29) is 0 Å². The summed E-state index contributed by atoms with van der Waals surface area (Å²) in [6.07, 6.45) is 1.90. The summed E-state index contributed by atoms with van der Waals surface area (Å²) in [5.74, 6) is 0. The summed E-state index contributed by atoms with van der Waals surface area (Å²) in [6.45, 7) is 0. The van der Waals surface area contributed by atoms with Gasteiger partial charge in [0.15, 0.2) is 0 Å². The molecule has 0 unspecified atom stereocenters. The number of benzene rings is 5. The Kier molecular flexibility index (Phi) is 2.94. The molecule has 7 rings (SSSR count). The van der Waals surface area contributed by atoms with Crippen molar-refractivity contribution in [1.82, 2.24) is 4.98 Å². The minimum absolute atomic E-state index is 1.08. The van der Waals surface area contributed by atoms with Crippen LogP contribution in [0.15, 0.2) is 91.1 Å². The van der Waals surface area contributed by atoms with E-state index < -0.39 is 0 Å². The number of rotatable bonds is 0. The lowest BCUT2D eigenvalue weighted by atomic mass is 9.92. The van der Waals surface area contributed by atoms with Crippen LogP contribution in [0.4, 0.5) is 0 Å². The highest BCUT2D eigenvalue weighted by Gasteiger charge is 2.14. The van der Waals surface area contributed by atoms with Crippen LogP contribution in [0.2, 0.25) is 0 Å². The minimum Gasteiger partial charge on any atom is -0.256 e. The van der Waals surface area contributed by atoms with Gasteiger partial charge in [-0.1, -0.05) is 60.7 Å². The van der Waals surface area contributed by atoms with Crippen molar-refractivity contribution in [3.05, 3.63) is 91.1 Å². The molecular weight excluding hydrogens is 370 g/mol. The Morgan fingerprint density at radius 3 is 2.31 bits per heavy atom. The summed E-state index contributed by atoms with van der Waals surface area (Å²) < 4.78 is 2.69. The zero-order valence-electron chi connectivity index (χ0n) is 15.5. The summed E-state index contributed by atoms with van der Waals surface area (Å²) in [5.41, 5.74) is 1.08. The van der Waals surface area contributed by atoms with Gasteiger partial charge in [-0.25, -0.2) is 0 Å². The third kappa shape index (κ3) is 2.01. The summed E-state index contributed by atoms with van der Waals surface area (Å²) in [4.78, 5) is 4.80. The molecule has 0 aliphatic rings. The largest absolute Gasteiger partial charge is 0.256 e. The van der Waals surface area contributed by atoms with Gasteiger partial charge >= 0.3 is 0 Å². The van der Waals surface area contributed by atoms with E-state index in [4.69, 9.17) is 4.98 Å². The van der Waals surface area contributed by atoms with E-state index in [1.54, 1.807) is 0 Å². The van der Waals surface area contributed by atoms with Crippen LogP contribution < -0.4 is 0 Å². The monoisotopic (exact) mass is 385 g/mol. The van der Waals surface area contributed by atoms with E-state index in [0.29, 0.717) is 0 Å². The molecule has 0 aliphatic carbocycles. The number of hydrogen-bond donors (Lipinski definition) is 0. The maximum absolute atomic E-state index is 4.80.